The van der Waals surface area contributed by atoms with E-state index in [4.69, 9.17) is 9.26 Å². The molecule has 1 aromatic heterocycles. The highest BCUT2D eigenvalue weighted by Gasteiger charge is 2.30. The van der Waals surface area contributed by atoms with E-state index in [0.29, 0.717) is 19.0 Å². The summed E-state index contributed by atoms with van der Waals surface area (Å²) >= 11 is 0. The standard InChI is InChI=1S/C16H26N4O3/c1-2-3-6-14-17-15(23-18-14)12-19-7-9-20(10-8-19)16(21)13-5-4-11-22-13/h13H,2-12H2,1H3. The van der Waals surface area contributed by atoms with Crippen LogP contribution in [0, 0.1) is 0 Å². The summed E-state index contributed by atoms with van der Waals surface area (Å²) in [6, 6.07) is 0. The average molecular weight is 322 g/mol. The van der Waals surface area contributed by atoms with Gasteiger partial charge in [-0.25, -0.2) is 0 Å². The van der Waals surface area contributed by atoms with Crippen molar-refractivity contribution >= 4 is 5.91 Å². The van der Waals surface area contributed by atoms with Crippen molar-refractivity contribution < 1.29 is 14.1 Å². The molecule has 0 spiro atoms. The third kappa shape index (κ3) is 4.29. The van der Waals surface area contributed by atoms with Crippen LogP contribution in [0.3, 0.4) is 0 Å². The van der Waals surface area contributed by atoms with Crippen LogP contribution in [0.2, 0.25) is 0 Å². The van der Waals surface area contributed by atoms with E-state index in [1.807, 2.05) is 4.90 Å². The van der Waals surface area contributed by atoms with Gasteiger partial charge in [0, 0.05) is 39.2 Å². The molecule has 3 rings (SSSR count). The zero-order valence-corrected chi connectivity index (χ0v) is 13.9. The molecule has 0 aliphatic carbocycles. The van der Waals surface area contributed by atoms with Crippen LogP contribution in [-0.4, -0.2) is 64.7 Å². The SMILES string of the molecule is CCCCc1noc(CN2CCN(C(=O)C3CCCO3)CC2)n1. The quantitative estimate of drug-likeness (QED) is 0.784. The van der Waals surface area contributed by atoms with Crippen molar-refractivity contribution in [2.45, 2.75) is 51.7 Å². The topological polar surface area (TPSA) is 71.7 Å². The fourth-order valence-corrected chi connectivity index (χ4v) is 3.08. The molecule has 2 saturated heterocycles. The van der Waals surface area contributed by atoms with Gasteiger partial charge in [0.05, 0.1) is 6.54 Å². The third-order valence-electron chi connectivity index (χ3n) is 4.51. The van der Waals surface area contributed by atoms with E-state index in [0.717, 1.165) is 64.1 Å². The molecule has 128 valence electrons. The Labute approximate surface area is 137 Å². The molecule has 1 unspecified atom stereocenters. The first-order chi connectivity index (χ1) is 11.3. The Balaban J connectivity index is 1.43. The van der Waals surface area contributed by atoms with E-state index in [1.165, 1.54) is 0 Å². The maximum atomic E-state index is 12.3. The van der Waals surface area contributed by atoms with Gasteiger partial charge in [-0.05, 0) is 19.3 Å². The first-order valence-corrected chi connectivity index (χ1v) is 8.70. The van der Waals surface area contributed by atoms with Gasteiger partial charge in [-0.3, -0.25) is 9.69 Å². The second-order valence-corrected chi connectivity index (χ2v) is 6.31. The fraction of sp³-hybridized carbons (Fsp3) is 0.812. The van der Waals surface area contributed by atoms with Gasteiger partial charge in [0.1, 0.15) is 6.10 Å². The zero-order valence-electron chi connectivity index (χ0n) is 13.9. The summed E-state index contributed by atoms with van der Waals surface area (Å²) in [5, 5.41) is 4.02. The highest BCUT2D eigenvalue weighted by Crippen LogP contribution is 2.16. The van der Waals surface area contributed by atoms with Gasteiger partial charge in [0.15, 0.2) is 5.82 Å². The molecule has 23 heavy (non-hydrogen) atoms. The molecule has 1 atom stereocenters. The fourth-order valence-electron chi connectivity index (χ4n) is 3.08. The molecule has 3 heterocycles. The molecule has 0 aromatic carbocycles. The summed E-state index contributed by atoms with van der Waals surface area (Å²) in [7, 11) is 0. The molecule has 7 nitrogen and oxygen atoms in total. The van der Waals surface area contributed by atoms with Crippen molar-refractivity contribution in [2.75, 3.05) is 32.8 Å². The number of hydrogen-bond donors (Lipinski definition) is 0. The summed E-state index contributed by atoms with van der Waals surface area (Å²) in [5.74, 6) is 1.63. The number of carbonyl (C=O) groups excluding carboxylic acids is 1. The highest BCUT2D eigenvalue weighted by atomic mass is 16.5. The summed E-state index contributed by atoms with van der Waals surface area (Å²) in [6.45, 7) is 6.70. The molecule has 2 aliphatic heterocycles. The molecule has 2 aliphatic rings. The lowest BCUT2D eigenvalue weighted by atomic mass is 10.2. The van der Waals surface area contributed by atoms with Crippen molar-refractivity contribution in [3.05, 3.63) is 11.7 Å². The predicted octanol–water partition coefficient (Wildman–Crippen LogP) is 1.24. The molecule has 0 radical (unpaired) electrons. The van der Waals surface area contributed by atoms with Crippen molar-refractivity contribution in [3.63, 3.8) is 0 Å². The Hall–Kier alpha value is -1.47. The van der Waals surface area contributed by atoms with Crippen LogP contribution in [0.25, 0.3) is 0 Å². The van der Waals surface area contributed by atoms with Crippen LogP contribution >= 0.6 is 0 Å². The lowest BCUT2D eigenvalue weighted by Crippen LogP contribution is -2.51. The Morgan fingerprint density at radius 3 is 2.83 bits per heavy atom. The van der Waals surface area contributed by atoms with Gasteiger partial charge in [-0.1, -0.05) is 18.5 Å². The first kappa shape index (κ1) is 16.4. The maximum absolute atomic E-state index is 12.3. The first-order valence-electron chi connectivity index (χ1n) is 8.70. The zero-order chi connectivity index (χ0) is 16.1. The molecular formula is C16H26N4O3. The Morgan fingerprint density at radius 2 is 2.13 bits per heavy atom. The number of piperazine rings is 1. The number of nitrogens with zero attached hydrogens (tertiary/aromatic N) is 4. The lowest BCUT2D eigenvalue weighted by molar-refractivity contribution is -0.142. The second kappa shape index (κ2) is 7.88. The minimum absolute atomic E-state index is 0.154. The Bertz CT molecular complexity index is 505. The smallest absolute Gasteiger partial charge is 0.251 e. The number of carbonyl (C=O) groups is 1. The Morgan fingerprint density at radius 1 is 1.30 bits per heavy atom. The minimum atomic E-state index is -0.210. The number of rotatable bonds is 6. The lowest BCUT2D eigenvalue weighted by Gasteiger charge is -2.35. The van der Waals surface area contributed by atoms with Crippen molar-refractivity contribution in [3.8, 4) is 0 Å². The molecular weight excluding hydrogens is 296 g/mol. The monoisotopic (exact) mass is 322 g/mol. The largest absolute Gasteiger partial charge is 0.368 e. The maximum Gasteiger partial charge on any atom is 0.251 e. The van der Waals surface area contributed by atoms with Crippen molar-refractivity contribution in [1.29, 1.82) is 0 Å². The highest BCUT2D eigenvalue weighted by molar-refractivity contribution is 5.81. The number of aromatic nitrogens is 2. The Kier molecular flexibility index (Phi) is 5.61. The average Bonchev–Trinajstić information content (AvgIpc) is 3.25. The summed E-state index contributed by atoms with van der Waals surface area (Å²) in [5.41, 5.74) is 0. The van der Waals surface area contributed by atoms with Gasteiger partial charge in [-0.2, -0.15) is 4.98 Å². The van der Waals surface area contributed by atoms with Crippen LogP contribution in [-0.2, 0) is 22.5 Å². The van der Waals surface area contributed by atoms with Gasteiger partial charge in [-0.15, -0.1) is 0 Å². The van der Waals surface area contributed by atoms with Crippen molar-refractivity contribution in [1.82, 2.24) is 19.9 Å². The normalized spacial score (nSPS) is 22.7. The summed E-state index contributed by atoms with van der Waals surface area (Å²) < 4.78 is 10.8. The molecule has 0 bridgehead atoms. The van der Waals surface area contributed by atoms with Gasteiger partial charge >= 0.3 is 0 Å². The number of ether oxygens (including phenoxy) is 1. The molecule has 7 heteroatoms. The van der Waals surface area contributed by atoms with E-state index in [-0.39, 0.29) is 12.0 Å². The van der Waals surface area contributed by atoms with E-state index < -0.39 is 0 Å². The van der Waals surface area contributed by atoms with Crippen LogP contribution in [0.1, 0.15) is 44.3 Å². The molecule has 0 N–H and O–H groups in total. The van der Waals surface area contributed by atoms with Crippen molar-refractivity contribution in [2.24, 2.45) is 0 Å². The molecule has 0 saturated carbocycles. The molecule has 2 fully saturated rings. The molecule has 1 amide bonds. The number of aryl methyl sites for hydroxylation is 1. The van der Waals surface area contributed by atoms with E-state index in [1.54, 1.807) is 0 Å². The summed E-state index contributed by atoms with van der Waals surface area (Å²) in [4.78, 5) is 20.9. The number of hydrogen-bond acceptors (Lipinski definition) is 6. The van der Waals surface area contributed by atoms with Gasteiger partial charge in [0.2, 0.25) is 5.89 Å². The predicted molar refractivity (Wildman–Crippen MR) is 83.7 cm³/mol. The van der Waals surface area contributed by atoms with Crippen LogP contribution < -0.4 is 0 Å². The number of amides is 1. The van der Waals surface area contributed by atoms with Crippen LogP contribution in [0.5, 0.6) is 0 Å². The van der Waals surface area contributed by atoms with Gasteiger partial charge < -0.3 is 14.2 Å². The third-order valence-corrected chi connectivity index (χ3v) is 4.51. The molecule has 1 aromatic rings. The van der Waals surface area contributed by atoms with E-state index >= 15 is 0 Å². The van der Waals surface area contributed by atoms with Crippen LogP contribution in [0.4, 0.5) is 0 Å². The van der Waals surface area contributed by atoms with Crippen LogP contribution in [0.15, 0.2) is 4.52 Å². The van der Waals surface area contributed by atoms with E-state index in [2.05, 4.69) is 22.0 Å². The minimum Gasteiger partial charge on any atom is -0.368 e. The van der Waals surface area contributed by atoms with E-state index in [9.17, 15) is 4.79 Å². The summed E-state index contributed by atoms with van der Waals surface area (Å²) in [6.07, 6.45) is 4.74. The second-order valence-electron chi connectivity index (χ2n) is 6.31. The number of unbranched alkanes of at least 4 members (excludes halogenated alkanes) is 1. The van der Waals surface area contributed by atoms with Gasteiger partial charge in [0.25, 0.3) is 5.91 Å².